The van der Waals surface area contributed by atoms with Crippen LogP contribution >= 0.6 is 11.8 Å². The fourth-order valence-electron chi connectivity index (χ4n) is 2.64. The van der Waals surface area contributed by atoms with Gasteiger partial charge in [-0.2, -0.15) is 11.8 Å². The normalized spacial score (nSPS) is 20.5. The Labute approximate surface area is 126 Å². The van der Waals surface area contributed by atoms with E-state index < -0.39 is 0 Å². The standard InChI is InChI=1S/C16H24N2OS/c1-11-5-6-14(12(2)9-11)16-17-10-15(19)18(16)8-7-13(3)20-4/h5-6,9,13,16-17H,7-8,10H2,1-4H3. The van der Waals surface area contributed by atoms with E-state index >= 15 is 0 Å². The monoisotopic (exact) mass is 292 g/mol. The predicted molar refractivity (Wildman–Crippen MR) is 86.0 cm³/mol. The fourth-order valence-corrected chi connectivity index (χ4v) is 2.98. The Morgan fingerprint density at radius 2 is 2.20 bits per heavy atom. The number of thioether (sulfide) groups is 1. The van der Waals surface area contributed by atoms with Crippen LogP contribution in [0.15, 0.2) is 18.2 Å². The third-order valence-corrected chi connectivity index (χ3v) is 5.02. The second kappa shape index (κ2) is 6.64. The van der Waals surface area contributed by atoms with Crippen LogP contribution in [0.1, 0.15) is 36.2 Å². The first-order valence-electron chi connectivity index (χ1n) is 7.15. The Balaban J connectivity index is 2.15. The van der Waals surface area contributed by atoms with Crippen molar-refractivity contribution in [3.8, 4) is 0 Å². The van der Waals surface area contributed by atoms with Gasteiger partial charge in [0.15, 0.2) is 0 Å². The van der Waals surface area contributed by atoms with Gasteiger partial charge in [0.25, 0.3) is 0 Å². The van der Waals surface area contributed by atoms with Crippen molar-refractivity contribution in [2.45, 2.75) is 38.6 Å². The summed E-state index contributed by atoms with van der Waals surface area (Å²) in [4.78, 5) is 14.1. The Morgan fingerprint density at radius 1 is 1.45 bits per heavy atom. The first-order valence-corrected chi connectivity index (χ1v) is 8.44. The molecule has 1 aliphatic rings. The fraction of sp³-hybridized carbons (Fsp3) is 0.562. The minimum absolute atomic E-state index is 0.0390. The van der Waals surface area contributed by atoms with Crippen molar-refractivity contribution >= 4 is 17.7 Å². The molecule has 3 nitrogen and oxygen atoms in total. The van der Waals surface area contributed by atoms with Gasteiger partial charge in [-0.15, -0.1) is 0 Å². The summed E-state index contributed by atoms with van der Waals surface area (Å²) in [7, 11) is 0. The van der Waals surface area contributed by atoms with Crippen molar-refractivity contribution in [1.82, 2.24) is 10.2 Å². The molecule has 1 N–H and O–H groups in total. The van der Waals surface area contributed by atoms with Crippen molar-refractivity contribution < 1.29 is 4.79 Å². The van der Waals surface area contributed by atoms with Gasteiger partial charge in [-0.3, -0.25) is 10.1 Å². The first-order chi connectivity index (χ1) is 9.52. The molecule has 4 heteroatoms. The summed E-state index contributed by atoms with van der Waals surface area (Å²) in [6.07, 6.45) is 3.20. The molecule has 2 atom stereocenters. The van der Waals surface area contributed by atoms with Crippen molar-refractivity contribution in [2.75, 3.05) is 19.3 Å². The summed E-state index contributed by atoms with van der Waals surface area (Å²) in [5.74, 6) is 0.211. The zero-order chi connectivity index (χ0) is 14.7. The Bertz CT molecular complexity index is 489. The lowest BCUT2D eigenvalue weighted by molar-refractivity contribution is -0.128. The molecule has 20 heavy (non-hydrogen) atoms. The molecule has 0 radical (unpaired) electrons. The summed E-state index contributed by atoms with van der Waals surface area (Å²) in [6, 6.07) is 6.45. The Kier molecular flexibility index (Phi) is 5.11. The quantitative estimate of drug-likeness (QED) is 0.905. The second-order valence-electron chi connectivity index (χ2n) is 5.57. The molecule has 1 aromatic carbocycles. The number of carbonyl (C=O) groups is 1. The van der Waals surface area contributed by atoms with E-state index in [9.17, 15) is 4.79 Å². The number of aryl methyl sites for hydroxylation is 2. The number of hydrogen-bond acceptors (Lipinski definition) is 3. The average molecular weight is 292 g/mol. The summed E-state index contributed by atoms with van der Waals surface area (Å²) in [5, 5.41) is 3.93. The Morgan fingerprint density at radius 3 is 2.85 bits per heavy atom. The number of rotatable bonds is 5. The molecular weight excluding hydrogens is 268 g/mol. The van der Waals surface area contributed by atoms with Crippen LogP contribution in [0.3, 0.4) is 0 Å². The Hall–Kier alpha value is -1.00. The van der Waals surface area contributed by atoms with Crippen molar-refractivity contribution in [3.63, 3.8) is 0 Å². The van der Waals surface area contributed by atoms with E-state index in [0.29, 0.717) is 11.8 Å². The van der Waals surface area contributed by atoms with E-state index in [1.807, 2.05) is 16.7 Å². The van der Waals surface area contributed by atoms with Crippen LogP contribution in [0.2, 0.25) is 0 Å². The van der Waals surface area contributed by atoms with Gasteiger partial charge in [0.05, 0.1) is 6.54 Å². The lowest BCUT2D eigenvalue weighted by Crippen LogP contribution is -2.32. The highest BCUT2D eigenvalue weighted by Gasteiger charge is 2.32. The van der Waals surface area contributed by atoms with Gasteiger partial charge < -0.3 is 4.90 Å². The van der Waals surface area contributed by atoms with E-state index in [-0.39, 0.29) is 12.1 Å². The van der Waals surface area contributed by atoms with Crippen molar-refractivity contribution in [1.29, 1.82) is 0 Å². The molecule has 1 fully saturated rings. The third-order valence-electron chi connectivity index (χ3n) is 3.98. The van der Waals surface area contributed by atoms with Crippen LogP contribution in [-0.2, 0) is 4.79 Å². The predicted octanol–water partition coefficient (Wildman–Crippen LogP) is 2.88. The molecule has 0 bridgehead atoms. The molecule has 0 aromatic heterocycles. The summed E-state index contributed by atoms with van der Waals surface area (Å²) in [6.45, 7) is 7.71. The average Bonchev–Trinajstić information content (AvgIpc) is 2.77. The SMILES string of the molecule is CSC(C)CCN1C(=O)CNC1c1ccc(C)cc1C. The topological polar surface area (TPSA) is 32.3 Å². The van der Waals surface area contributed by atoms with E-state index in [1.165, 1.54) is 16.7 Å². The van der Waals surface area contributed by atoms with Gasteiger partial charge in [0.1, 0.15) is 6.17 Å². The van der Waals surface area contributed by atoms with Gasteiger partial charge in [-0.05, 0) is 37.7 Å². The molecular formula is C16H24N2OS. The number of amides is 1. The van der Waals surface area contributed by atoms with Crippen LogP contribution < -0.4 is 5.32 Å². The van der Waals surface area contributed by atoms with Crippen LogP contribution in [0.5, 0.6) is 0 Å². The lowest BCUT2D eigenvalue weighted by Gasteiger charge is -2.27. The maximum absolute atomic E-state index is 12.1. The van der Waals surface area contributed by atoms with Crippen molar-refractivity contribution in [3.05, 3.63) is 34.9 Å². The van der Waals surface area contributed by atoms with Crippen LogP contribution in [0, 0.1) is 13.8 Å². The number of nitrogens with one attached hydrogen (secondary N) is 1. The zero-order valence-electron chi connectivity index (χ0n) is 12.8. The number of carbonyl (C=O) groups excluding carboxylic acids is 1. The first kappa shape index (κ1) is 15.4. The highest BCUT2D eigenvalue weighted by atomic mass is 32.2. The molecule has 2 rings (SSSR count). The maximum atomic E-state index is 12.1. The number of nitrogens with zero attached hydrogens (tertiary/aromatic N) is 1. The molecule has 1 heterocycles. The van der Waals surface area contributed by atoms with Gasteiger partial charge in [0.2, 0.25) is 5.91 Å². The van der Waals surface area contributed by atoms with E-state index in [0.717, 1.165) is 13.0 Å². The van der Waals surface area contributed by atoms with Crippen molar-refractivity contribution in [2.24, 2.45) is 0 Å². The van der Waals surface area contributed by atoms with E-state index in [4.69, 9.17) is 0 Å². The maximum Gasteiger partial charge on any atom is 0.238 e. The highest BCUT2D eigenvalue weighted by Crippen LogP contribution is 2.26. The minimum atomic E-state index is 0.0390. The number of benzene rings is 1. The third kappa shape index (κ3) is 3.36. The molecule has 0 saturated carbocycles. The largest absolute Gasteiger partial charge is 0.322 e. The van der Waals surface area contributed by atoms with Gasteiger partial charge in [0, 0.05) is 11.8 Å². The molecule has 1 aromatic rings. The van der Waals surface area contributed by atoms with Gasteiger partial charge in [-0.1, -0.05) is 30.7 Å². The molecule has 1 saturated heterocycles. The molecule has 110 valence electrons. The smallest absolute Gasteiger partial charge is 0.238 e. The molecule has 0 aliphatic carbocycles. The highest BCUT2D eigenvalue weighted by molar-refractivity contribution is 7.99. The summed E-state index contributed by atoms with van der Waals surface area (Å²) in [5.41, 5.74) is 3.73. The van der Waals surface area contributed by atoms with Gasteiger partial charge in [-0.25, -0.2) is 0 Å². The molecule has 1 amide bonds. The zero-order valence-corrected chi connectivity index (χ0v) is 13.6. The van der Waals surface area contributed by atoms with Crippen LogP contribution in [-0.4, -0.2) is 35.4 Å². The second-order valence-corrected chi connectivity index (χ2v) is 6.84. The van der Waals surface area contributed by atoms with Crippen LogP contribution in [0.25, 0.3) is 0 Å². The molecule has 0 spiro atoms. The molecule has 1 aliphatic heterocycles. The summed E-state index contributed by atoms with van der Waals surface area (Å²) >= 11 is 1.85. The molecule has 2 unspecified atom stereocenters. The lowest BCUT2D eigenvalue weighted by atomic mass is 10.0. The minimum Gasteiger partial charge on any atom is -0.322 e. The number of hydrogen-bond donors (Lipinski definition) is 1. The van der Waals surface area contributed by atoms with Gasteiger partial charge >= 0.3 is 0 Å². The van der Waals surface area contributed by atoms with Crippen LogP contribution in [0.4, 0.5) is 0 Å². The summed E-state index contributed by atoms with van der Waals surface area (Å²) < 4.78 is 0. The van der Waals surface area contributed by atoms with E-state index in [2.05, 4.69) is 50.5 Å². The van der Waals surface area contributed by atoms with E-state index in [1.54, 1.807) is 0 Å².